The summed E-state index contributed by atoms with van der Waals surface area (Å²) >= 11 is 0. The summed E-state index contributed by atoms with van der Waals surface area (Å²) in [5, 5.41) is 25.3. The van der Waals surface area contributed by atoms with Gasteiger partial charge >= 0.3 is 29.8 Å². The molecule has 4 aliphatic rings. The van der Waals surface area contributed by atoms with E-state index in [2.05, 4.69) is 0 Å². The summed E-state index contributed by atoms with van der Waals surface area (Å²) in [6.07, 6.45) is -3.82. The fourth-order valence-corrected chi connectivity index (χ4v) is 9.38. The number of methoxy groups -OCH3 is 1. The van der Waals surface area contributed by atoms with Crippen LogP contribution in [0.3, 0.4) is 0 Å². The molecule has 0 spiro atoms. The van der Waals surface area contributed by atoms with Crippen LogP contribution in [0.4, 0.5) is 0 Å². The van der Waals surface area contributed by atoms with Gasteiger partial charge in [-0.05, 0) is 49.8 Å². The van der Waals surface area contributed by atoms with Crippen LogP contribution in [0.2, 0.25) is 0 Å². The van der Waals surface area contributed by atoms with Crippen LogP contribution in [-0.4, -0.2) is 83.0 Å². The van der Waals surface area contributed by atoms with Crippen molar-refractivity contribution < 1.29 is 67.1 Å². The normalized spacial score (nSPS) is 36.7. The molecule has 272 valence electrons. The smallest absolute Gasteiger partial charge is 0.352 e. The number of Topliss-reactive ketones (excluding diaryl/α,β-unsaturated/α-hetero) is 1. The van der Waals surface area contributed by atoms with Gasteiger partial charge in [0.25, 0.3) is 0 Å². The maximum atomic E-state index is 15.0. The predicted molar refractivity (Wildman–Crippen MR) is 169 cm³/mol. The van der Waals surface area contributed by atoms with Gasteiger partial charge in [-0.1, -0.05) is 33.8 Å². The third-order valence-corrected chi connectivity index (χ3v) is 11.5. The van der Waals surface area contributed by atoms with Crippen molar-refractivity contribution in [2.24, 2.45) is 28.1 Å². The minimum atomic E-state index is -2.88. The number of ether oxygens (including phenoxy) is 5. The number of carbonyl (C=O) groups excluding carboxylic acids is 6. The number of esters is 5. The van der Waals surface area contributed by atoms with Gasteiger partial charge in [0.05, 0.1) is 19.6 Å². The van der Waals surface area contributed by atoms with Crippen LogP contribution >= 0.6 is 0 Å². The molecular weight excluding hydrogens is 656 g/mol. The first-order valence-corrected chi connectivity index (χ1v) is 16.4. The fourth-order valence-electron chi connectivity index (χ4n) is 9.38. The van der Waals surface area contributed by atoms with Crippen molar-refractivity contribution in [1.82, 2.24) is 0 Å². The lowest BCUT2D eigenvalue weighted by Crippen LogP contribution is -2.81. The van der Waals surface area contributed by atoms with Crippen molar-refractivity contribution in [2.45, 2.75) is 104 Å². The highest BCUT2D eigenvalue weighted by atomic mass is 16.6. The quantitative estimate of drug-likeness (QED) is 0.182. The molecule has 1 aliphatic heterocycles. The molecule has 10 atom stereocenters. The molecule has 2 N–H and O–H groups in total. The molecule has 0 radical (unpaired) electrons. The summed E-state index contributed by atoms with van der Waals surface area (Å²) in [6, 6.07) is 1.60. The second kappa shape index (κ2) is 12.5. The van der Waals surface area contributed by atoms with Crippen molar-refractivity contribution in [2.75, 3.05) is 7.11 Å². The topological polar surface area (TPSA) is 202 Å². The number of cyclic esters (lactones) is 1. The first-order valence-electron chi connectivity index (χ1n) is 16.4. The predicted octanol–water partition coefficient (Wildman–Crippen LogP) is 2.84. The highest BCUT2D eigenvalue weighted by Gasteiger charge is 2.79. The summed E-state index contributed by atoms with van der Waals surface area (Å²) in [5.74, 6) is -7.94. The maximum absolute atomic E-state index is 15.0. The Morgan fingerprint density at radius 2 is 1.70 bits per heavy atom. The molecule has 1 saturated heterocycles. The molecule has 2 bridgehead atoms. The molecule has 1 aromatic rings. The lowest BCUT2D eigenvalue weighted by molar-refractivity contribution is -0.265. The molecule has 0 aromatic carbocycles. The van der Waals surface area contributed by atoms with Gasteiger partial charge < -0.3 is 38.3 Å². The van der Waals surface area contributed by atoms with Crippen molar-refractivity contribution >= 4 is 35.6 Å². The third kappa shape index (κ3) is 5.12. The number of aliphatic hydroxyl groups excluding tert-OH is 1. The van der Waals surface area contributed by atoms with Gasteiger partial charge in [-0.3, -0.25) is 14.4 Å². The number of furan rings is 1. The van der Waals surface area contributed by atoms with Gasteiger partial charge in [-0.25, -0.2) is 14.4 Å². The van der Waals surface area contributed by atoms with Crippen molar-refractivity contribution in [3.8, 4) is 0 Å². The van der Waals surface area contributed by atoms with Crippen LogP contribution in [-0.2, 0) is 52.5 Å². The number of allylic oxidation sites excluding steroid dienone is 1. The Labute approximate surface area is 289 Å². The number of fused-ring (bicyclic) bond motifs is 5. The molecule has 2 saturated carbocycles. The van der Waals surface area contributed by atoms with E-state index in [0.29, 0.717) is 5.56 Å². The standard InChI is InChI=1S/C36H44O14/c1-10-16(2)28(40)50-32-33(5,6)25(24(29(41)45-9)48-18(4)38)35(8)20-11-13-34(7)22(21(20)26(39)36(32,44)31(35)43)23(47-17(3)37)30(42)49-27(34)19-12-14-46-15-19/h10,12,14-15,20,23-27,32,39,44H,11,13H2,1-9H3. The Hall–Kier alpha value is -4.30. The van der Waals surface area contributed by atoms with E-state index in [4.69, 9.17) is 28.1 Å². The van der Waals surface area contributed by atoms with E-state index in [0.717, 1.165) is 21.0 Å². The summed E-state index contributed by atoms with van der Waals surface area (Å²) in [4.78, 5) is 80.7. The largest absolute Gasteiger partial charge is 0.472 e. The first-order chi connectivity index (χ1) is 23.2. The number of aliphatic hydroxyl groups is 2. The Morgan fingerprint density at radius 1 is 1.04 bits per heavy atom. The molecule has 5 rings (SSSR count). The van der Waals surface area contributed by atoms with Crippen LogP contribution in [0.15, 0.2) is 45.8 Å². The van der Waals surface area contributed by atoms with Gasteiger partial charge in [0, 0.05) is 47.1 Å². The van der Waals surface area contributed by atoms with E-state index in [1.165, 1.54) is 32.4 Å². The molecule has 2 heterocycles. The Bertz CT molecular complexity index is 1680. The minimum Gasteiger partial charge on any atom is -0.472 e. The SMILES string of the molecule is CC=C(C)C(=O)OC1C(C)(C)C(C(OC(C)=O)C(=O)OC)C2(C)C(=O)C1(O)C(O)C1=C3C(OC(C)=O)C(=O)OC(c4ccoc4)C3(C)CCC12. The average molecular weight is 701 g/mol. The van der Waals surface area contributed by atoms with Crippen molar-refractivity contribution in [3.05, 3.63) is 47.0 Å². The van der Waals surface area contributed by atoms with Crippen LogP contribution < -0.4 is 0 Å². The molecule has 10 unspecified atom stereocenters. The van der Waals surface area contributed by atoms with Gasteiger partial charge in [0.1, 0.15) is 18.3 Å². The molecule has 3 fully saturated rings. The van der Waals surface area contributed by atoms with Gasteiger partial charge in [-0.2, -0.15) is 0 Å². The van der Waals surface area contributed by atoms with E-state index in [9.17, 15) is 34.2 Å². The molecule has 14 heteroatoms. The number of hydrogen-bond donors (Lipinski definition) is 2. The highest BCUT2D eigenvalue weighted by molar-refractivity contribution is 6.00. The zero-order chi connectivity index (χ0) is 37.3. The van der Waals surface area contributed by atoms with E-state index in [1.54, 1.807) is 33.8 Å². The molecule has 3 aliphatic carbocycles. The third-order valence-electron chi connectivity index (χ3n) is 11.5. The number of carbonyl (C=O) groups is 6. The number of ketones is 1. The van der Waals surface area contributed by atoms with E-state index in [1.807, 2.05) is 0 Å². The molecule has 14 nitrogen and oxygen atoms in total. The summed E-state index contributed by atoms with van der Waals surface area (Å²) in [6.45, 7) is 11.6. The van der Waals surface area contributed by atoms with Gasteiger partial charge in [0.15, 0.2) is 11.4 Å². The van der Waals surface area contributed by atoms with Crippen molar-refractivity contribution in [1.29, 1.82) is 0 Å². The Morgan fingerprint density at radius 3 is 2.24 bits per heavy atom. The minimum absolute atomic E-state index is 0.00418. The molecule has 1 aromatic heterocycles. The van der Waals surface area contributed by atoms with Crippen LogP contribution in [0.1, 0.15) is 79.9 Å². The monoisotopic (exact) mass is 700 g/mol. The summed E-state index contributed by atoms with van der Waals surface area (Å²) in [5.41, 5.74) is -6.80. The molecule has 0 amide bonds. The van der Waals surface area contributed by atoms with Gasteiger partial charge in [-0.15, -0.1) is 0 Å². The van der Waals surface area contributed by atoms with Crippen LogP contribution in [0, 0.1) is 28.1 Å². The number of rotatable bonds is 7. The van der Waals surface area contributed by atoms with E-state index in [-0.39, 0.29) is 29.6 Å². The second-order valence-electron chi connectivity index (χ2n) is 14.7. The zero-order valence-electron chi connectivity index (χ0n) is 29.6. The summed E-state index contributed by atoms with van der Waals surface area (Å²) < 4.78 is 33.3. The van der Waals surface area contributed by atoms with Crippen LogP contribution in [0.5, 0.6) is 0 Å². The number of hydrogen-bond acceptors (Lipinski definition) is 14. The second-order valence-corrected chi connectivity index (χ2v) is 14.7. The summed E-state index contributed by atoms with van der Waals surface area (Å²) in [7, 11) is 1.08. The zero-order valence-corrected chi connectivity index (χ0v) is 29.6. The Balaban J connectivity index is 1.89. The molecule has 50 heavy (non-hydrogen) atoms. The average Bonchev–Trinajstić information content (AvgIpc) is 3.58. The van der Waals surface area contributed by atoms with Crippen LogP contribution in [0.25, 0.3) is 0 Å². The fraction of sp³-hybridized carbons (Fsp3) is 0.611. The van der Waals surface area contributed by atoms with Crippen molar-refractivity contribution in [3.63, 3.8) is 0 Å². The lowest BCUT2D eigenvalue weighted by Gasteiger charge is -2.67. The van der Waals surface area contributed by atoms with E-state index < -0.39 is 99.8 Å². The first kappa shape index (κ1) is 37.0. The highest BCUT2D eigenvalue weighted by Crippen LogP contribution is 2.69. The van der Waals surface area contributed by atoms with Gasteiger partial charge in [0.2, 0.25) is 12.2 Å². The Kier molecular flexibility index (Phi) is 9.23. The maximum Gasteiger partial charge on any atom is 0.352 e. The van der Waals surface area contributed by atoms with E-state index >= 15 is 4.79 Å². The lowest BCUT2D eigenvalue weighted by atomic mass is 9.38. The molecular formula is C36H44O14.